The number of rotatable bonds is 4. The number of aromatic nitrogens is 1. The van der Waals surface area contributed by atoms with Gasteiger partial charge < -0.3 is 5.32 Å². The predicted octanol–water partition coefficient (Wildman–Crippen LogP) is 4.56. The fourth-order valence-corrected chi connectivity index (χ4v) is 3.02. The number of nitrogens with one attached hydrogen (secondary N) is 1. The lowest BCUT2D eigenvalue weighted by Gasteiger charge is -2.23. The Morgan fingerprint density at radius 1 is 1.05 bits per heavy atom. The van der Waals surface area contributed by atoms with Crippen LogP contribution in [0.5, 0.6) is 0 Å². The highest BCUT2D eigenvalue weighted by molar-refractivity contribution is 5.34. The van der Waals surface area contributed by atoms with Crippen molar-refractivity contribution in [3.05, 3.63) is 64.2 Å². The van der Waals surface area contributed by atoms with Gasteiger partial charge in [0.2, 0.25) is 0 Å². The second kappa shape index (κ2) is 6.35. The largest absolute Gasteiger partial charge is 0.304 e. The molecule has 1 heterocycles. The third kappa shape index (κ3) is 3.67. The van der Waals surface area contributed by atoms with Crippen molar-refractivity contribution in [1.82, 2.24) is 10.3 Å². The summed E-state index contributed by atoms with van der Waals surface area (Å²) >= 11 is 0. The van der Waals surface area contributed by atoms with Gasteiger partial charge in [0.25, 0.3) is 0 Å². The van der Waals surface area contributed by atoms with E-state index in [2.05, 4.69) is 37.1 Å². The van der Waals surface area contributed by atoms with E-state index in [1.165, 1.54) is 17.2 Å². The van der Waals surface area contributed by atoms with Crippen LogP contribution in [-0.2, 0) is 0 Å². The highest BCUT2D eigenvalue weighted by atomic mass is 19.1. The molecule has 2 nitrogen and oxygen atoms in total. The Labute approximate surface area is 126 Å². The van der Waals surface area contributed by atoms with Crippen molar-refractivity contribution >= 4 is 0 Å². The number of pyridine rings is 1. The minimum atomic E-state index is -0.196. The predicted molar refractivity (Wildman–Crippen MR) is 84.8 cm³/mol. The van der Waals surface area contributed by atoms with Crippen LogP contribution in [0.1, 0.15) is 54.0 Å². The molecule has 0 aliphatic carbocycles. The summed E-state index contributed by atoms with van der Waals surface area (Å²) in [6.07, 6.45) is 0. The number of hydrogen-bond donors (Lipinski definition) is 1. The van der Waals surface area contributed by atoms with Crippen molar-refractivity contribution in [3.63, 3.8) is 0 Å². The van der Waals surface area contributed by atoms with Crippen molar-refractivity contribution in [1.29, 1.82) is 0 Å². The molecule has 2 atom stereocenters. The second-order valence-corrected chi connectivity index (χ2v) is 5.74. The maximum atomic E-state index is 13.3. The van der Waals surface area contributed by atoms with Crippen LogP contribution in [-0.4, -0.2) is 4.98 Å². The summed E-state index contributed by atoms with van der Waals surface area (Å²) in [5, 5.41) is 3.53. The zero-order valence-corrected chi connectivity index (χ0v) is 13.4. The van der Waals surface area contributed by atoms with Gasteiger partial charge in [0.1, 0.15) is 5.82 Å². The van der Waals surface area contributed by atoms with E-state index >= 15 is 0 Å². The van der Waals surface area contributed by atoms with Gasteiger partial charge in [-0.3, -0.25) is 4.98 Å². The third-order valence-electron chi connectivity index (χ3n) is 3.87. The van der Waals surface area contributed by atoms with Crippen LogP contribution in [0.15, 0.2) is 30.3 Å². The van der Waals surface area contributed by atoms with E-state index < -0.39 is 0 Å². The average Bonchev–Trinajstić information content (AvgIpc) is 2.37. The first-order valence-electron chi connectivity index (χ1n) is 7.34. The molecular weight excluding hydrogens is 263 g/mol. The van der Waals surface area contributed by atoms with E-state index in [4.69, 9.17) is 0 Å². The summed E-state index contributed by atoms with van der Waals surface area (Å²) in [6, 6.07) is 9.09. The van der Waals surface area contributed by atoms with Crippen LogP contribution >= 0.6 is 0 Å². The van der Waals surface area contributed by atoms with Gasteiger partial charge in [0, 0.05) is 23.5 Å². The van der Waals surface area contributed by atoms with Crippen LogP contribution in [0.3, 0.4) is 0 Å². The van der Waals surface area contributed by atoms with E-state index in [1.807, 2.05) is 19.9 Å². The number of benzene rings is 1. The van der Waals surface area contributed by atoms with Crippen LogP contribution in [0.2, 0.25) is 0 Å². The lowest BCUT2D eigenvalue weighted by molar-refractivity contribution is 0.487. The molecule has 0 bridgehead atoms. The molecule has 1 unspecified atom stereocenters. The molecule has 112 valence electrons. The number of nitrogens with zero attached hydrogens (tertiary/aromatic N) is 1. The number of hydrogen-bond acceptors (Lipinski definition) is 2. The Balaban J connectivity index is 2.20. The maximum Gasteiger partial charge on any atom is 0.123 e. The Morgan fingerprint density at radius 3 is 2.38 bits per heavy atom. The Kier molecular flexibility index (Phi) is 4.73. The molecule has 1 aromatic carbocycles. The summed E-state index contributed by atoms with van der Waals surface area (Å²) in [5.41, 5.74) is 5.52. The molecule has 3 heteroatoms. The molecule has 0 saturated carbocycles. The molecule has 2 aromatic rings. The Bertz CT molecular complexity index is 614. The lowest BCUT2D eigenvalue weighted by atomic mass is 9.98. The Morgan fingerprint density at radius 2 is 1.76 bits per heavy atom. The summed E-state index contributed by atoms with van der Waals surface area (Å²) in [6.45, 7) is 10.3. The lowest BCUT2D eigenvalue weighted by Crippen LogP contribution is -2.24. The Hall–Kier alpha value is -1.74. The molecule has 1 N–H and O–H groups in total. The normalized spacial score (nSPS) is 14.0. The van der Waals surface area contributed by atoms with Gasteiger partial charge in [-0.25, -0.2) is 4.39 Å². The summed E-state index contributed by atoms with van der Waals surface area (Å²) in [4.78, 5) is 4.55. The molecule has 0 fully saturated rings. The molecule has 21 heavy (non-hydrogen) atoms. The van der Waals surface area contributed by atoms with E-state index in [1.54, 1.807) is 12.1 Å². The van der Waals surface area contributed by atoms with Gasteiger partial charge in [-0.05, 0) is 69.5 Å². The monoisotopic (exact) mass is 286 g/mol. The topological polar surface area (TPSA) is 24.9 Å². The highest BCUT2D eigenvalue weighted by Crippen LogP contribution is 2.24. The molecule has 0 saturated heterocycles. The number of halogens is 1. The van der Waals surface area contributed by atoms with E-state index in [0.717, 1.165) is 17.0 Å². The minimum Gasteiger partial charge on any atom is -0.304 e. The minimum absolute atomic E-state index is 0.0794. The molecule has 0 spiro atoms. The summed E-state index contributed by atoms with van der Waals surface area (Å²) in [7, 11) is 0. The van der Waals surface area contributed by atoms with Crippen molar-refractivity contribution < 1.29 is 4.39 Å². The van der Waals surface area contributed by atoms with E-state index in [0.29, 0.717) is 0 Å². The van der Waals surface area contributed by atoms with E-state index in [-0.39, 0.29) is 17.9 Å². The van der Waals surface area contributed by atoms with Crippen LogP contribution in [0.4, 0.5) is 4.39 Å². The molecule has 0 amide bonds. The highest BCUT2D eigenvalue weighted by Gasteiger charge is 2.16. The fourth-order valence-electron chi connectivity index (χ4n) is 3.02. The molecule has 0 aliphatic heterocycles. The quantitative estimate of drug-likeness (QED) is 0.891. The molecule has 1 aromatic heterocycles. The van der Waals surface area contributed by atoms with Gasteiger partial charge in [-0.15, -0.1) is 0 Å². The van der Waals surface area contributed by atoms with Gasteiger partial charge in [-0.2, -0.15) is 0 Å². The third-order valence-corrected chi connectivity index (χ3v) is 3.87. The van der Waals surface area contributed by atoms with Gasteiger partial charge in [-0.1, -0.05) is 12.1 Å². The standard InChI is InChI=1S/C18H23FN2/c1-11-9-12(2)20-14(4)18(11)15(5)21-13(3)16-7-6-8-17(19)10-16/h6-10,13,15,21H,1-5H3/t13-,15?/m0/s1. The molecule has 0 radical (unpaired) electrons. The fraction of sp³-hybridized carbons (Fsp3) is 0.389. The summed E-state index contributed by atoms with van der Waals surface area (Å²) < 4.78 is 13.3. The zero-order chi connectivity index (χ0) is 15.6. The molecule has 0 aliphatic rings. The van der Waals surface area contributed by atoms with E-state index in [9.17, 15) is 4.39 Å². The van der Waals surface area contributed by atoms with Gasteiger partial charge in [0.05, 0.1) is 0 Å². The second-order valence-electron chi connectivity index (χ2n) is 5.74. The first-order chi connectivity index (χ1) is 9.88. The summed E-state index contributed by atoms with van der Waals surface area (Å²) in [5.74, 6) is -0.196. The van der Waals surface area contributed by atoms with Gasteiger partial charge in [0.15, 0.2) is 0 Å². The molecule has 2 rings (SSSR count). The molecular formula is C18H23FN2. The average molecular weight is 286 g/mol. The van der Waals surface area contributed by atoms with Crippen molar-refractivity contribution in [2.75, 3.05) is 0 Å². The van der Waals surface area contributed by atoms with Gasteiger partial charge >= 0.3 is 0 Å². The number of aryl methyl sites for hydroxylation is 3. The van der Waals surface area contributed by atoms with Crippen LogP contribution < -0.4 is 5.32 Å². The van der Waals surface area contributed by atoms with Crippen molar-refractivity contribution in [3.8, 4) is 0 Å². The van der Waals surface area contributed by atoms with Crippen LogP contribution in [0, 0.1) is 26.6 Å². The first kappa shape index (κ1) is 15.6. The smallest absolute Gasteiger partial charge is 0.123 e. The maximum absolute atomic E-state index is 13.3. The zero-order valence-electron chi connectivity index (χ0n) is 13.4. The van der Waals surface area contributed by atoms with Crippen LogP contribution in [0.25, 0.3) is 0 Å². The first-order valence-corrected chi connectivity index (χ1v) is 7.34. The SMILES string of the molecule is Cc1cc(C)c(C(C)N[C@@H](C)c2cccc(F)c2)c(C)n1. The van der Waals surface area contributed by atoms with Crippen molar-refractivity contribution in [2.24, 2.45) is 0 Å². The van der Waals surface area contributed by atoms with Crippen molar-refractivity contribution in [2.45, 2.75) is 46.7 Å².